The minimum absolute atomic E-state index is 0.0211. The Labute approximate surface area is 123 Å². The summed E-state index contributed by atoms with van der Waals surface area (Å²) in [4.78, 5) is 13.0. The molecule has 0 radical (unpaired) electrons. The second kappa shape index (κ2) is 5.90. The minimum atomic E-state index is -3.77. The van der Waals surface area contributed by atoms with Crippen molar-refractivity contribution >= 4 is 15.9 Å². The molecule has 0 bridgehead atoms. The Morgan fingerprint density at radius 1 is 1.29 bits per heavy atom. The van der Waals surface area contributed by atoms with E-state index in [1.807, 2.05) is 0 Å². The third-order valence-electron chi connectivity index (χ3n) is 3.32. The summed E-state index contributed by atoms with van der Waals surface area (Å²) in [6.45, 7) is 0.358. The van der Waals surface area contributed by atoms with Gasteiger partial charge in [0.1, 0.15) is 16.4 Å². The number of amides is 1. The minimum Gasteiger partial charge on any atom is -0.497 e. The van der Waals surface area contributed by atoms with Crippen molar-refractivity contribution in [1.82, 2.24) is 9.62 Å². The molecule has 1 aromatic carbocycles. The molecule has 1 atom stereocenters. The Hall–Kier alpha value is -1.80. The van der Waals surface area contributed by atoms with Gasteiger partial charge in [-0.05, 0) is 12.1 Å². The number of ether oxygens (including phenoxy) is 2. The van der Waals surface area contributed by atoms with Crippen LogP contribution in [0.5, 0.6) is 11.5 Å². The van der Waals surface area contributed by atoms with E-state index in [1.54, 1.807) is 13.1 Å². The van der Waals surface area contributed by atoms with Gasteiger partial charge in [0.15, 0.2) is 0 Å². The van der Waals surface area contributed by atoms with E-state index in [-0.39, 0.29) is 23.0 Å². The molecule has 0 spiro atoms. The second-order valence-corrected chi connectivity index (χ2v) is 6.50. The van der Waals surface area contributed by atoms with Crippen molar-refractivity contribution < 1.29 is 22.7 Å². The smallest absolute Gasteiger partial charge is 0.244 e. The lowest BCUT2D eigenvalue weighted by Gasteiger charge is -2.15. The van der Waals surface area contributed by atoms with Crippen LogP contribution in [0, 0.1) is 0 Å². The first-order valence-corrected chi connectivity index (χ1v) is 7.84. The summed E-state index contributed by atoms with van der Waals surface area (Å²) < 4.78 is 37.5. The lowest BCUT2D eigenvalue weighted by molar-refractivity contribution is -0.126. The van der Waals surface area contributed by atoms with Gasteiger partial charge in [-0.2, -0.15) is 0 Å². The Morgan fingerprint density at radius 2 is 2.00 bits per heavy atom. The number of likely N-dealkylation sites (tertiary alicyclic amines) is 1. The van der Waals surface area contributed by atoms with Crippen LogP contribution in [0.2, 0.25) is 0 Å². The SMILES string of the molecule is COc1ccc(S(=O)(=O)NC2CC(=O)N(C)C2)c(OC)c1. The predicted molar refractivity (Wildman–Crippen MR) is 75.9 cm³/mol. The second-order valence-electron chi connectivity index (χ2n) is 4.81. The first kappa shape index (κ1) is 15.6. The van der Waals surface area contributed by atoms with E-state index >= 15 is 0 Å². The average Bonchev–Trinajstić information content (AvgIpc) is 2.75. The molecule has 1 unspecified atom stereocenters. The van der Waals surface area contributed by atoms with Gasteiger partial charge in [-0.25, -0.2) is 13.1 Å². The van der Waals surface area contributed by atoms with Crippen molar-refractivity contribution in [2.75, 3.05) is 27.8 Å². The highest BCUT2D eigenvalue weighted by atomic mass is 32.2. The highest BCUT2D eigenvalue weighted by Crippen LogP contribution is 2.28. The van der Waals surface area contributed by atoms with Gasteiger partial charge >= 0.3 is 0 Å². The number of hydrogen-bond donors (Lipinski definition) is 1. The molecular weight excluding hydrogens is 296 g/mol. The summed E-state index contributed by atoms with van der Waals surface area (Å²) in [5.41, 5.74) is 0. The monoisotopic (exact) mass is 314 g/mol. The van der Waals surface area contributed by atoms with Crippen LogP contribution in [0.4, 0.5) is 0 Å². The fourth-order valence-electron chi connectivity index (χ4n) is 2.22. The maximum atomic E-state index is 12.4. The molecule has 7 nitrogen and oxygen atoms in total. The molecule has 1 saturated heterocycles. The van der Waals surface area contributed by atoms with Crippen molar-refractivity contribution in [3.8, 4) is 11.5 Å². The van der Waals surface area contributed by atoms with Crippen molar-refractivity contribution in [3.05, 3.63) is 18.2 Å². The lowest BCUT2D eigenvalue weighted by atomic mass is 10.3. The molecule has 1 aliphatic heterocycles. The number of methoxy groups -OCH3 is 2. The number of nitrogens with zero attached hydrogens (tertiary/aromatic N) is 1. The fraction of sp³-hybridized carbons (Fsp3) is 0.462. The van der Waals surface area contributed by atoms with E-state index in [1.165, 1.54) is 31.3 Å². The number of carbonyl (C=O) groups is 1. The summed E-state index contributed by atoms with van der Waals surface area (Å²) >= 11 is 0. The van der Waals surface area contributed by atoms with Gasteiger partial charge in [0.25, 0.3) is 0 Å². The number of sulfonamides is 1. The topological polar surface area (TPSA) is 84.9 Å². The van der Waals surface area contributed by atoms with Crippen LogP contribution in [0.1, 0.15) is 6.42 Å². The fourth-order valence-corrected chi connectivity index (χ4v) is 3.60. The van der Waals surface area contributed by atoms with Gasteiger partial charge in [0.2, 0.25) is 15.9 Å². The number of carbonyl (C=O) groups excluding carboxylic acids is 1. The number of nitrogens with one attached hydrogen (secondary N) is 1. The molecule has 2 rings (SSSR count). The Balaban J connectivity index is 2.25. The van der Waals surface area contributed by atoms with E-state index in [4.69, 9.17) is 9.47 Å². The van der Waals surface area contributed by atoms with Crippen LogP contribution in [0.25, 0.3) is 0 Å². The van der Waals surface area contributed by atoms with Gasteiger partial charge < -0.3 is 14.4 Å². The van der Waals surface area contributed by atoms with Crippen LogP contribution < -0.4 is 14.2 Å². The van der Waals surface area contributed by atoms with Crippen molar-refractivity contribution in [2.24, 2.45) is 0 Å². The van der Waals surface area contributed by atoms with Crippen LogP contribution in [0.3, 0.4) is 0 Å². The molecule has 21 heavy (non-hydrogen) atoms. The third-order valence-corrected chi connectivity index (χ3v) is 4.88. The molecule has 1 heterocycles. The summed E-state index contributed by atoms with van der Waals surface area (Å²) in [6, 6.07) is 4.03. The average molecular weight is 314 g/mol. The van der Waals surface area contributed by atoms with Crippen LogP contribution in [-0.4, -0.2) is 53.1 Å². The molecule has 1 fully saturated rings. The maximum Gasteiger partial charge on any atom is 0.244 e. The molecule has 1 N–H and O–H groups in total. The van der Waals surface area contributed by atoms with E-state index in [0.29, 0.717) is 12.3 Å². The Kier molecular flexibility index (Phi) is 4.38. The molecule has 0 aromatic heterocycles. The summed E-state index contributed by atoms with van der Waals surface area (Å²) in [5, 5.41) is 0. The van der Waals surface area contributed by atoms with Crippen LogP contribution in [0.15, 0.2) is 23.1 Å². The van der Waals surface area contributed by atoms with Gasteiger partial charge in [-0.1, -0.05) is 0 Å². The zero-order valence-corrected chi connectivity index (χ0v) is 12.9. The third kappa shape index (κ3) is 3.27. The van der Waals surface area contributed by atoms with Crippen molar-refractivity contribution in [3.63, 3.8) is 0 Å². The molecule has 0 aliphatic carbocycles. The molecule has 1 amide bonds. The summed E-state index contributed by atoms with van der Waals surface area (Å²) in [7, 11) is 0.753. The van der Waals surface area contributed by atoms with Crippen LogP contribution >= 0.6 is 0 Å². The first-order chi connectivity index (χ1) is 9.87. The van der Waals surface area contributed by atoms with E-state index in [9.17, 15) is 13.2 Å². The number of rotatable bonds is 5. The largest absolute Gasteiger partial charge is 0.497 e. The zero-order chi connectivity index (χ0) is 15.6. The Morgan fingerprint density at radius 3 is 2.52 bits per heavy atom. The lowest BCUT2D eigenvalue weighted by Crippen LogP contribution is -2.36. The summed E-state index contributed by atoms with van der Waals surface area (Å²) in [6.07, 6.45) is 0.161. The molecule has 0 saturated carbocycles. The molecule has 116 valence electrons. The van der Waals surface area contributed by atoms with Gasteiger partial charge in [-0.3, -0.25) is 4.79 Å². The van der Waals surface area contributed by atoms with Gasteiger partial charge in [0, 0.05) is 32.1 Å². The number of likely N-dealkylation sites (N-methyl/N-ethyl adjacent to an activating group) is 1. The highest BCUT2D eigenvalue weighted by Gasteiger charge is 2.31. The van der Waals surface area contributed by atoms with E-state index < -0.39 is 16.1 Å². The standard InChI is InChI=1S/C13H18N2O5S/c1-15-8-9(6-13(15)16)14-21(17,18)12-5-4-10(19-2)7-11(12)20-3/h4-5,7,9,14H,6,8H2,1-3H3. The molecule has 1 aliphatic rings. The summed E-state index contributed by atoms with van der Waals surface area (Å²) in [5.74, 6) is 0.616. The Bertz CT molecular complexity index is 644. The van der Waals surface area contributed by atoms with E-state index in [2.05, 4.69) is 4.72 Å². The zero-order valence-electron chi connectivity index (χ0n) is 12.1. The predicted octanol–water partition coefficient (Wildman–Crippen LogP) is 0.213. The van der Waals surface area contributed by atoms with Gasteiger partial charge in [0.05, 0.1) is 14.2 Å². The highest BCUT2D eigenvalue weighted by molar-refractivity contribution is 7.89. The molecule has 1 aromatic rings. The normalized spacial score (nSPS) is 18.9. The molecule has 8 heteroatoms. The quantitative estimate of drug-likeness (QED) is 0.840. The van der Waals surface area contributed by atoms with Crippen molar-refractivity contribution in [1.29, 1.82) is 0 Å². The van der Waals surface area contributed by atoms with Gasteiger partial charge in [-0.15, -0.1) is 0 Å². The van der Waals surface area contributed by atoms with Crippen molar-refractivity contribution in [2.45, 2.75) is 17.4 Å². The van der Waals surface area contributed by atoms with E-state index in [0.717, 1.165) is 0 Å². The first-order valence-electron chi connectivity index (χ1n) is 6.35. The maximum absolute atomic E-state index is 12.4. The van der Waals surface area contributed by atoms with Crippen LogP contribution in [-0.2, 0) is 14.8 Å². The number of hydrogen-bond acceptors (Lipinski definition) is 5. The number of benzene rings is 1. The molecular formula is C13H18N2O5S.